The first-order chi connectivity index (χ1) is 7.19. The van der Waals surface area contributed by atoms with Crippen LogP contribution in [0.25, 0.3) is 0 Å². The summed E-state index contributed by atoms with van der Waals surface area (Å²) < 4.78 is 0. The number of hydrogen-bond acceptors (Lipinski definition) is 2. The second kappa shape index (κ2) is 5.53. The second-order valence-electron chi connectivity index (χ2n) is 3.87. The van der Waals surface area contributed by atoms with E-state index in [0.29, 0.717) is 6.42 Å². The maximum atomic E-state index is 9.81. The maximum absolute atomic E-state index is 9.81. The Morgan fingerprint density at radius 3 is 2.40 bits per heavy atom. The molecule has 15 heavy (non-hydrogen) atoms. The van der Waals surface area contributed by atoms with Gasteiger partial charge in [0.1, 0.15) is 0 Å². The fraction of sp³-hybridized carbons (Fsp3) is 0.462. The normalized spacial score (nSPS) is 14.3. The van der Waals surface area contributed by atoms with Gasteiger partial charge >= 0.3 is 0 Å². The van der Waals surface area contributed by atoms with Crippen molar-refractivity contribution in [2.45, 2.75) is 38.7 Å². The van der Waals surface area contributed by atoms with Gasteiger partial charge in [-0.25, -0.2) is 0 Å². The Balaban J connectivity index is 2.84. The van der Waals surface area contributed by atoms with E-state index < -0.39 is 12.0 Å². The first-order valence-corrected chi connectivity index (χ1v) is 5.33. The Morgan fingerprint density at radius 2 is 1.93 bits per heavy atom. The molecular formula is C13H17NO. The molecule has 2 nitrogen and oxygen atoms in total. The van der Waals surface area contributed by atoms with Crippen LogP contribution in [0, 0.1) is 18.3 Å². The summed E-state index contributed by atoms with van der Waals surface area (Å²) in [4.78, 5) is 0. The second-order valence-corrected chi connectivity index (χ2v) is 3.87. The van der Waals surface area contributed by atoms with E-state index >= 15 is 0 Å². The van der Waals surface area contributed by atoms with E-state index in [0.717, 1.165) is 12.0 Å². The molecular weight excluding hydrogens is 186 g/mol. The minimum Gasteiger partial charge on any atom is -0.391 e. The fourth-order valence-electron chi connectivity index (χ4n) is 1.62. The van der Waals surface area contributed by atoms with Crippen LogP contribution in [-0.4, -0.2) is 11.2 Å². The van der Waals surface area contributed by atoms with Crippen molar-refractivity contribution in [3.63, 3.8) is 0 Å². The van der Waals surface area contributed by atoms with E-state index in [4.69, 9.17) is 5.26 Å². The van der Waals surface area contributed by atoms with E-state index in [9.17, 15) is 5.11 Å². The summed E-state index contributed by atoms with van der Waals surface area (Å²) in [5.41, 5.74) is 2.07. The van der Waals surface area contributed by atoms with Crippen LogP contribution in [0.5, 0.6) is 0 Å². The molecule has 1 aromatic rings. The topological polar surface area (TPSA) is 44.0 Å². The molecule has 1 rings (SSSR count). The number of rotatable bonds is 4. The molecule has 0 aromatic heterocycles. The third kappa shape index (κ3) is 3.07. The van der Waals surface area contributed by atoms with E-state index in [1.54, 1.807) is 0 Å². The third-order valence-corrected chi connectivity index (χ3v) is 2.54. The van der Waals surface area contributed by atoms with Crippen molar-refractivity contribution in [1.82, 2.24) is 0 Å². The number of aliphatic hydroxyl groups is 1. The van der Waals surface area contributed by atoms with Crippen molar-refractivity contribution in [3.8, 4) is 6.07 Å². The minimum absolute atomic E-state index is 0.398. The van der Waals surface area contributed by atoms with Crippen LogP contribution in [0.2, 0.25) is 0 Å². The zero-order valence-electron chi connectivity index (χ0n) is 9.27. The van der Waals surface area contributed by atoms with Crippen molar-refractivity contribution >= 4 is 0 Å². The van der Waals surface area contributed by atoms with Gasteiger partial charge in [0.05, 0.1) is 18.1 Å². The van der Waals surface area contributed by atoms with E-state index in [1.807, 2.05) is 38.1 Å². The molecule has 0 radical (unpaired) electrons. The molecule has 0 fully saturated rings. The number of nitrogens with zero attached hydrogens (tertiary/aromatic N) is 1. The first-order valence-electron chi connectivity index (χ1n) is 5.33. The van der Waals surface area contributed by atoms with Crippen LogP contribution in [0.15, 0.2) is 24.3 Å². The number of nitriles is 1. The van der Waals surface area contributed by atoms with Gasteiger partial charge in [0, 0.05) is 0 Å². The van der Waals surface area contributed by atoms with Gasteiger partial charge in [0.2, 0.25) is 0 Å². The van der Waals surface area contributed by atoms with Gasteiger partial charge in [0.25, 0.3) is 0 Å². The highest BCUT2D eigenvalue weighted by Crippen LogP contribution is 2.22. The number of aryl methyl sites for hydroxylation is 1. The van der Waals surface area contributed by atoms with Gasteiger partial charge in [0.15, 0.2) is 0 Å². The zero-order chi connectivity index (χ0) is 11.3. The van der Waals surface area contributed by atoms with Crippen LogP contribution >= 0.6 is 0 Å². The van der Waals surface area contributed by atoms with Crippen LogP contribution in [-0.2, 0) is 0 Å². The lowest BCUT2D eigenvalue weighted by Gasteiger charge is -2.16. The molecule has 0 spiro atoms. The third-order valence-electron chi connectivity index (χ3n) is 2.54. The first kappa shape index (κ1) is 11.7. The molecule has 2 heteroatoms. The highest BCUT2D eigenvalue weighted by molar-refractivity contribution is 5.29. The highest BCUT2D eigenvalue weighted by Gasteiger charge is 2.19. The summed E-state index contributed by atoms with van der Waals surface area (Å²) in [6.07, 6.45) is 1.01. The molecule has 1 aromatic carbocycles. The Kier molecular flexibility index (Phi) is 4.33. The Morgan fingerprint density at radius 1 is 1.33 bits per heavy atom. The van der Waals surface area contributed by atoms with Crippen molar-refractivity contribution < 1.29 is 5.11 Å². The standard InChI is InChI=1S/C13H17NO/c1-3-4-13(15)12(9-14)11-7-5-10(2)6-8-11/h5-8,12-13,15H,3-4H2,1-2H3. The van der Waals surface area contributed by atoms with Crippen molar-refractivity contribution in [2.24, 2.45) is 0 Å². The minimum atomic E-state index is -0.553. The average molecular weight is 203 g/mol. The predicted octanol–water partition coefficient (Wildman–Crippen LogP) is 2.76. The molecule has 0 heterocycles. The summed E-state index contributed by atoms with van der Waals surface area (Å²) >= 11 is 0. The highest BCUT2D eigenvalue weighted by atomic mass is 16.3. The molecule has 2 unspecified atom stereocenters. The lowest BCUT2D eigenvalue weighted by molar-refractivity contribution is 0.150. The maximum Gasteiger partial charge on any atom is 0.0971 e. The van der Waals surface area contributed by atoms with Gasteiger partial charge in [-0.2, -0.15) is 5.26 Å². The molecule has 0 bridgehead atoms. The monoisotopic (exact) mass is 203 g/mol. The van der Waals surface area contributed by atoms with Gasteiger partial charge in [-0.1, -0.05) is 43.2 Å². The predicted molar refractivity (Wildman–Crippen MR) is 60.4 cm³/mol. The fourth-order valence-corrected chi connectivity index (χ4v) is 1.62. The number of benzene rings is 1. The van der Waals surface area contributed by atoms with Crippen LogP contribution in [0.3, 0.4) is 0 Å². The largest absolute Gasteiger partial charge is 0.391 e. The molecule has 0 aliphatic heterocycles. The van der Waals surface area contributed by atoms with Gasteiger partial charge in [-0.3, -0.25) is 0 Å². The van der Waals surface area contributed by atoms with E-state index in [1.165, 1.54) is 5.56 Å². The van der Waals surface area contributed by atoms with Gasteiger partial charge in [-0.15, -0.1) is 0 Å². The zero-order valence-corrected chi connectivity index (χ0v) is 9.27. The van der Waals surface area contributed by atoms with Crippen molar-refractivity contribution in [2.75, 3.05) is 0 Å². The number of aliphatic hydroxyl groups excluding tert-OH is 1. The van der Waals surface area contributed by atoms with Gasteiger partial charge < -0.3 is 5.11 Å². The average Bonchev–Trinajstić information content (AvgIpc) is 2.22. The SMILES string of the molecule is CCCC(O)C(C#N)c1ccc(C)cc1. The summed E-state index contributed by atoms with van der Waals surface area (Å²) in [6, 6.07) is 9.95. The Labute approximate surface area is 91.2 Å². The quantitative estimate of drug-likeness (QED) is 0.817. The van der Waals surface area contributed by atoms with Gasteiger partial charge in [-0.05, 0) is 18.9 Å². The number of hydrogen-bond donors (Lipinski definition) is 1. The Bertz CT molecular complexity index is 337. The molecule has 0 aliphatic carbocycles. The molecule has 0 saturated heterocycles. The summed E-state index contributed by atoms with van der Waals surface area (Å²) in [6.45, 7) is 4.01. The Hall–Kier alpha value is -1.33. The van der Waals surface area contributed by atoms with Crippen LogP contribution in [0.1, 0.15) is 36.8 Å². The van der Waals surface area contributed by atoms with Crippen LogP contribution < -0.4 is 0 Å². The lowest BCUT2D eigenvalue weighted by atomic mass is 9.92. The molecule has 0 aliphatic rings. The molecule has 2 atom stereocenters. The summed E-state index contributed by atoms with van der Waals surface area (Å²) in [5.74, 6) is -0.398. The lowest BCUT2D eigenvalue weighted by Crippen LogP contribution is -2.16. The smallest absolute Gasteiger partial charge is 0.0971 e. The summed E-state index contributed by atoms with van der Waals surface area (Å²) in [5, 5.41) is 18.8. The molecule has 80 valence electrons. The van der Waals surface area contributed by atoms with E-state index in [2.05, 4.69) is 6.07 Å². The van der Waals surface area contributed by atoms with E-state index in [-0.39, 0.29) is 0 Å². The molecule has 0 saturated carbocycles. The van der Waals surface area contributed by atoms with Crippen LogP contribution in [0.4, 0.5) is 0 Å². The van der Waals surface area contributed by atoms with Crippen molar-refractivity contribution in [3.05, 3.63) is 35.4 Å². The summed E-state index contributed by atoms with van der Waals surface area (Å²) in [7, 11) is 0. The van der Waals surface area contributed by atoms with Crippen molar-refractivity contribution in [1.29, 1.82) is 5.26 Å². The molecule has 1 N–H and O–H groups in total. The molecule has 0 amide bonds.